The van der Waals surface area contributed by atoms with Crippen LogP contribution < -0.4 is 0 Å². The lowest BCUT2D eigenvalue weighted by Gasteiger charge is -1.99. The number of carboxylic acid groups (broad SMARTS) is 1. The topological polar surface area (TPSA) is 76.2 Å². The van der Waals surface area contributed by atoms with Crippen LogP contribution in [0.25, 0.3) is 0 Å². The van der Waals surface area contributed by atoms with Crippen molar-refractivity contribution in [1.29, 1.82) is 0 Å². The molecule has 5 nitrogen and oxygen atoms in total. The Hall–Kier alpha value is -1.04. The molecule has 2 rings (SSSR count). The molecule has 0 aromatic carbocycles. The van der Waals surface area contributed by atoms with Crippen LogP contribution in [-0.2, 0) is 11.2 Å². The van der Waals surface area contributed by atoms with Gasteiger partial charge in [0.15, 0.2) is 5.82 Å². The number of aryl methyl sites for hydroxylation is 1. The SMILES string of the molecule is O=C(O)CCCCc1nc(C2CCCS2)no1. The number of aliphatic carboxylic acids is 1. The minimum atomic E-state index is -0.751. The second-order valence-electron chi connectivity index (χ2n) is 4.15. The van der Waals surface area contributed by atoms with Gasteiger partial charge in [0.2, 0.25) is 5.89 Å². The number of nitrogens with zero attached hydrogens (tertiary/aromatic N) is 2. The zero-order valence-corrected chi connectivity index (χ0v) is 10.4. The summed E-state index contributed by atoms with van der Waals surface area (Å²) >= 11 is 1.88. The maximum atomic E-state index is 10.3. The quantitative estimate of drug-likeness (QED) is 0.788. The van der Waals surface area contributed by atoms with Crippen LogP contribution in [0, 0.1) is 0 Å². The standard InChI is InChI=1S/C11H16N2O3S/c14-10(15)6-2-1-5-9-12-11(13-16-9)8-4-3-7-17-8/h8H,1-7H2,(H,14,15). The van der Waals surface area contributed by atoms with Crippen molar-refractivity contribution in [3.05, 3.63) is 11.7 Å². The molecule has 1 N–H and O–H groups in total. The third-order valence-electron chi connectivity index (χ3n) is 2.73. The van der Waals surface area contributed by atoms with Crippen molar-refractivity contribution in [3.8, 4) is 0 Å². The van der Waals surface area contributed by atoms with Gasteiger partial charge in [0.05, 0.1) is 5.25 Å². The highest BCUT2D eigenvalue weighted by Gasteiger charge is 2.22. The number of hydrogen-bond donors (Lipinski definition) is 1. The normalized spacial score (nSPS) is 19.6. The highest BCUT2D eigenvalue weighted by atomic mass is 32.2. The van der Waals surface area contributed by atoms with E-state index in [2.05, 4.69) is 10.1 Å². The lowest BCUT2D eigenvalue weighted by molar-refractivity contribution is -0.137. The molecule has 1 aliphatic heterocycles. The molecule has 17 heavy (non-hydrogen) atoms. The first-order valence-corrected chi connectivity index (χ1v) is 6.96. The molecule has 0 radical (unpaired) electrons. The third kappa shape index (κ3) is 3.73. The Morgan fingerprint density at radius 3 is 3.12 bits per heavy atom. The van der Waals surface area contributed by atoms with E-state index in [1.165, 1.54) is 12.2 Å². The predicted octanol–water partition coefficient (Wildman–Crippen LogP) is 2.44. The number of unbranched alkanes of at least 4 members (excludes halogenated alkanes) is 1. The molecule has 1 saturated heterocycles. The van der Waals surface area contributed by atoms with Crippen molar-refractivity contribution in [2.45, 2.75) is 43.8 Å². The molecule has 0 spiro atoms. The van der Waals surface area contributed by atoms with Gasteiger partial charge in [0, 0.05) is 12.8 Å². The van der Waals surface area contributed by atoms with Crippen LogP contribution in [0.4, 0.5) is 0 Å². The molecule has 0 amide bonds. The number of thioether (sulfide) groups is 1. The van der Waals surface area contributed by atoms with Gasteiger partial charge in [0.1, 0.15) is 0 Å². The average molecular weight is 256 g/mol. The van der Waals surface area contributed by atoms with Crippen molar-refractivity contribution >= 4 is 17.7 Å². The predicted molar refractivity (Wildman–Crippen MR) is 63.9 cm³/mol. The summed E-state index contributed by atoms with van der Waals surface area (Å²) in [6.45, 7) is 0. The van der Waals surface area contributed by atoms with E-state index in [0.29, 0.717) is 24.0 Å². The zero-order chi connectivity index (χ0) is 12.1. The summed E-state index contributed by atoms with van der Waals surface area (Å²) < 4.78 is 5.16. The molecule has 1 fully saturated rings. The van der Waals surface area contributed by atoms with Gasteiger partial charge in [-0.1, -0.05) is 5.16 Å². The molecule has 1 aromatic rings. The summed E-state index contributed by atoms with van der Waals surface area (Å²) in [7, 11) is 0. The van der Waals surface area contributed by atoms with Gasteiger partial charge in [-0.05, 0) is 31.4 Å². The lowest BCUT2D eigenvalue weighted by atomic mass is 10.2. The first-order valence-electron chi connectivity index (χ1n) is 5.91. The second-order valence-corrected chi connectivity index (χ2v) is 5.46. The largest absolute Gasteiger partial charge is 0.481 e. The monoisotopic (exact) mass is 256 g/mol. The van der Waals surface area contributed by atoms with Crippen molar-refractivity contribution in [2.75, 3.05) is 5.75 Å². The molecule has 0 aliphatic carbocycles. The number of carboxylic acids is 1. The maximum Gasteiger partial charge on any atom is 0.303 e. The molecule has 94 valence electrons. The molecule has 2 heterocycles. The zero-order valence-electron chi connectivity index (χ0n) is 9.59. The highest BCUT2D eigenvalue weighted by Crippen LogP contribution is 2.38. The summed E-state index contributed by atoms with van der Waals surface area (Å²) in [6.07, 6.45) is 4.68. The second kappa shape index (κ2) is 6.05. The molecule has 1 unspecified atom stereocenters. The Morgan fingerprint density at radius 1 is 1.53 bits per heavy atom. The first-order chi connectivity index (χ1) is 8.25. The van der Waals surface area contributed by atoms with Crippen LogP contribution in [0.1, 0.15) is 49.1 Å². The summed E-state index contributed by atoms with van der Waals surface area (Å²) in [4.78, 5) is 14.7. The van der Waals surface area contributed by atoms with E-state index in [-0.39, 0.29) is 6.42 Å². The van der Waals surface area contributed by atoms with Gasteiger partial charge in [0.25, 0.3) is 0 Å². The van der Waals surface area contributed by atoms with Crippen molar-refractivity contribution in [3.63, 3.8) is 0 Å². The smallest absolute Gasteiger partial charge is 0.303 e. The van der Waals surface area contributed by atoms with Crippen molar-refractivity contribution in [1.82, 2.24) is 10.1 Å². The van der Waals surface area contributed by atoms with Crippen molar-refractivity contribution in [2.24, 2.45) is 0 Å². The van der Waals surface area contributed by atoms with Crippen LogP contribution in [0.5, 0.6) is 0 Å². The van der Waals surface area contributed by atoms with Gasteiger partial charge < -0.3 is 9.63 Å². The number of aromatic nitrogens is 2. The van der Waals surface area contributed by atoms with Gasteiger partial charge in [-0.15, -0.1) is 0 Å². The van der Waals surface area contributed by atoms with E-state index in [0.717, 1.165) is 18.7 Å². The molecular weight excluding hydrogens is 240 g/mol. The number of hydrogen-bond acceptors (Lipinski definition) is 5. The van der Waals surface area contributed by atoms with Crippen LogP contribution in [-0.4, -0.2) is 27.0 Å². The van der Waals surface area contributed by atoms with E-state index >= 15 is 0 Å². The number of rotatable bonds is 6. The summed E-state index contributed by atoms with van der Waals surface area (Å²) in [5.41, 5.74) is 0. The Kier molecular flexibility index (Phi) is 4.42. The molecule has 0 saturated carbocycles. The first kappa shape index (κ1) is 12.4. The Morgan fingerprint density at radius 2 is 2.41 bits per heavy atom. The van der Waals surface area contributed by atoms with Crippen molar-refractivity contribution < 1.29 is 14.4 Å². The van der Waals surface area contributed by atoms with Crippen LogP contribution in [0.2, 0.25) is 0 Å². The minimum Gasteiger partial charge on any atom is -0.481 e. The minimum absolute atomic E-state index is 0.208. The Balaban J connectivity index is 1.75. The maximum absolute atomic E-state index is 10.3. The highest BCUT2D eigenvalue weighted by molar-refractivity contribution is 7.99. The summed E-state index contributed by atoms with van der Waals surface area (Å²) in [6, 6.07) is 0. The van der Waals surface area contributed by atoms with Crippen LogP contribution >= 0.6 is 11.8 Å². The summed E-state index contributed by atoms with van der Waals surface area (Å²) in [5, 5.41) is 12.9. The lowest BCUT2D eigenvalue weighted by Crippen LogP contribution is -1.95. The van der Waals surface area contributed by atoms with Gasteiger partial charge >= 0.3 is 5.97 Å². The number of carbonyl (C=O) groups is 1. The van der Waals surface area contributed by atoms with E-state index in [9.17, 15) is 4.79 Å². The molecule has 1 aliphatic rings. The van der Waals surface area contributed by atoms with E-state index in [4.69, 9.17) is 9.63 Å². The fourth-order valence-electron chi connectivity index (χ4n) is 1.83. The van der Waals surface area contributed by atoms with E-state index in [1.54, 1.807) is 0 Å². The molecule has 6 heteroatoms. The van der Waals surface area contributed by atoms with E-state index in [1.807, 2.05) is 11.8 Å². The molecule has 1 aromatic heterocycles. The molecular formula is C11H16N2O3S. The molecule has 1 atom stereocenters. The van der Waals surface area contributed by atoms with Gasteiger partial charge in [-0.25, -0.2) is 0 Å². The van der Waals surface area contributed by atoms with E-state index < -0.39 is 5.97 Å². The Labute approximate surface area is 104 Å². The van der Waals surface area contributed by atoms with Crippen LogP contribution in [0.3, 0.4) is 0 Å². The Bertz CT molecular complexity index is 375. The fourth-order valence-corrected chi connectivity index (χ4v) is 3.03. The third-order valence-corrected chi connectivity index (χ3v) is 4.11. The van der Waals surface area contributed by atoms with Gasteiger partial charge in [-0.3, -0.25) is 4.79 Å². The average Bonchev–Trinajstić information content (AvgIpc) is 2.94. The van der Waals surface area contributed by atoms with Gasteiger partial charge in [-0.2, -0.15) is 16.7 Å². The summed E-state index contributed by atoms with van der Waals surface area (Å²) in [5.74, 6) is 1.87. The van der Waals surface area contributed by atoms with Crippen LogP contribution in [0.15, 0.2) is 4.52 Å². The fraction of sp³-hybridized carbons (Fsp3) is 0.727. The molecule has 0 bridgehead atoms.